The number of likely N-dealkylation sites (tertiary alicyclic amines) is 1. The summed E-state index contributed by atoms with van der Waals surface area (Å²) in [5.41, 5.74) is 9.96. The second kappa shape index (κ2) is 11.4. The number of fused-ring (bicyclic) bond motifs is 2. The van der Waals surface area contributed by atoms with Gasteiger partial charge in [0.25, 0.3) is 0 Å². The number of nitrogens with one attached hydrogen (secondary N) is 2. The Hall–Kier alpha value is -4.10. The number of sulfone groups is 1. The standard InChI is InChI=1S/C31H36BN7O4S/c1-17(2)44(41,42)26-8-6-5-7-23(26)35-30-28-22(32)15-34-29(28)36-31(37-30)39-19(4)43-25-14-21(18(3)13-24(25)39)20-9-11-38(12-10-20)16-27(33)40/h5-8,13-15,17,19-20H,9-12,16H2,1-4H3,(H2,33,40)(H2,34,35,36,37). The number of anilines is 4. The molecule has 1 fully saturated rings. The van der Waals surface area contributed by atoms with Crippen LogP contribution in [0.1, 0.15) is 50.7 Å². The lowest BCUT2D eigenvalue weighted by Crippen LogP contribution is -2.39. The molecule has 0 bridgehead atoms. The van der Waals surface area contributed by atoms with Gasteiger partial charge in [0.1, 0.15) is 25.1 Å². The van der Waals surface area contributed by atoms with Crippen LogP contribution in [0, 0.1) is 6.92 Å². The van der Waals surface area contributed by atoms with Crippen LogP contribution in [0.4, 0.5) is 23.1 Å². The number of aromatic amines is 1. The van der Waals surface area contributed by atoms with Crippen LogP contribution >= 0.6 is 0 Å². The zero-order valence-electron chi connectivity index (χ0n) is 25.3. The van der Waals surface area contributed by atoms with E-state index in [1.165, 1.54) is 5.56 Å². The lowest BCUT2D eigenvalue weighted by Gasteiger charge is -2.32. The Morgan fingerprint density at radius 1 is 1.20 bits per heavy atom. The maximum atomic E-state index is 13.2. The fourth-order valence-electron chi connectivity index (χ4n) is 6.18. The maximum absolute atomic E-state index is 13.2. The summed E-state index contributed by atoms with van der Waals surface area (Å²) in [6.07, 6.45) is 3.11. The molecule has 11 nitrogen and oxygen atoms in total. The summed E-state index contributed by atoms with van der Waals surface area (Å²) in [7, 11) is 2.74. The average molecular weight is 614 g/mol. The van der Waals surface area contributed by atoms with Crippen molar-refractivity contribution >= 4 is 63.2 Å². The van der Waals surface area contributed by atoms with Gasteiger partial charge in [-0.25, -0.2) is 8.42 Å². The number of carbonyl (C=O) groups excluding carboxylic acids is 1. The minimum atomic E-state index is -3.58. The minimum Gasteiger partial charge on any atom is -0.468 e. The number of hydrogen-bond acceptors (Lipinski definition) is 9. The number of aromatic nitrogens is 3. The smallest absolute Gasteiger partial charge is 0.237 e. The number of ether oxygens (including phenoxy) is 1. The second-order valence-corrected chi connectivity index (χ2v) is 14.3. The molecule has 1 atom stereocenters. The number of nitrogens with two attached hydrogens (primary N) is 1. The van der Waals surface area contributed by atoms with E-state index in [9.17, 15) is 13.2 Å². The number of para-hydroxylation sites is 1. The molecule has 1 saturated heterocycles. The minimum absolute atomic E-state index is 0.184. The van der Waals surface area contributed by atoms with E-state index in [4.69, 9.17) is 28.3 Å². The summed E-state index contributed by atoms with van der Waals surface area (Å²) >= 11 is 0. The van der Waals surface area contributed by atoms with Crippen LogP contribution in [0.25, 0.3) is 11.0 Å². The highest BCUT2D eigenvalue weighted by molar-refractivity contribution is 7.92. The summed E-state index contributed by atoms with van der Waals surface area (Å²) in [6.45, 7) is 9.27. The molecule has 4 N–H and O–H groups in total. The molecule has 2 aromatic carbocycles. The van der Waals surface area contributed by atoms with E-state index in [0.29, 0.717) is 39.9 Å². The van der Waals surface area contributed by atoms with Crippen LogP contribution in [0.3, 0.4) is 0 Å². The largest absolute Gasteiger partial charge is 0.468 e. The number of hydrogen-bond donors (Lipinski definition) is 3. The van der Waals surface area contributed by atoms with Gasteiger partial charge in [-0.05, 0) is 101 Å². The van der Waals surface area contributed by atoms with Crippen molar-refractivity contribution in [3.05, 3.63) is 53.7 Å². The lowest BCUT2D eigenvalue weighted by molar-refractivity contribution is -0.119. The van der Waals surface area contributed by atoms with Crippen molar-refractivity contribution in [2.24, 2.45) is 5.73 Å². The van der Waals surface area contributed by atoms with Gasteiger partial charge in [0.2, 0.25) is 11.9 Å². The predicted octanol–water partition coefficient (Wildman–Crippen LogP) is 3.53. The molecular weight excluding hydrogens is 577 g/mol. The predicted molar refractivity (Wildman–Crippen MR) is 172 cm³/mol. The van der Waals surface area contributed by atoms with Crippen molar-refractivity contribution in [3.8, 4) is 5.75 Å². The summed E-state index contributed by atoms with van der Waals surface area (Å²) in [5, 5.41) is 3.22. The number of piperidine rings is 1. The van der Waals surface area contributed by atoms with Gasteiger partial charge < -0.3 is 20.8 Å². The van der Waals surface area contributed by atoms with E-state index < -0.39 is 21.3 Å². The fraction of sp³-hybridized carbons (Fsp3) is 0.387. The van der Waals surface area contributed by atoms with Crippen molar-refractivity contribution in [2.75, 3.05) is 29.9 Å². The van der Waals surface area contributed by atoms with Gasteiger partial charge in [0.15, 0.2) is 16.1 Å². The van der Waals surface area contributed by atoms with Crippen molar-refractivity contribution in [1.82, 2.24) is 19.9 Å². The highest BCUT2D eigenvalue weighted by Gasteiger charge is 2.34. The third-order valence-electron chi connectivity index (χ3n) is 8.51. The van der Waals surface area contributed by atoms with Crippen LogP contribution in [0.15, 0.2) is 47.5 Å². The van der Waals surface area contributed by atoms with Crippen LogP contribution in [0.5, 0.6) is 5.75 Å². The number of nitrogens with zero attached hydrogens (tertiary/aromatic N) is 4. The molecule has 0 saturated carbocycles. The van der Waals surface area contributed by atoms with Crippen LogP contribution < -0.4 is 26.2 Å². The third-order valence-corrected chi connectivity index (χ3v) is 10.7. The lowest BCUT2D eigenvalue weighted by atomic mass is 9.86. The van der Waals surface area contributed by atoms with E-state index >= 15 is 0 Å². The second-order valence-electron chi connectivity index (χ2n) is 11.8. The molecule has 13 heteroatoms. The number of benzene rings is 2. The van der Waals surface area contributed by atoms with Crippen molar-refractivity contribution in [2.45, 2.75) is 62.8 Å². The van der Waals surface area contributed by atoms with Gasteiger partial charge in [-0.1, -0.05) is 17.6 Å². The quantitative estimate of drug-likeness (QED) is 0.254. The van der Waals surface area contributed by atoms with Gasteiger partial charge in [0, 0.05) is 0 Å². The molecule has 6 rings (SSSR count). The average Bonchev–Trinajstić information content (AvgIpc) is 3.51. The Labute approximate surface area is 258 Å². The van der Waals surface area contributed by atoms with Crippen LogP contribution in [-0.2, 0) is 14.6 Å². The SMILES string of the molecule is [B]c1c[nH]c2nc(N3c4cc(C)c(C5CCN(CC(N)=O)CC5)cc4OC3C)nc(Nc3ccccc3S(=O)(=O)C(C)C)c12. The Morgan fingerprint density at radius 2 is 1.93 bits per heavy atom. The van der Waals surface area contributed by atoms with E-state index in [1.54, 1.807) is 44.3 Å². The van der Waals surface area contributed by atoms with Crippen LogP contribution in [-0.4, -0.2) is 73.1 Å². The van der Waals surface area contributed by atoms with E-state index in [1.807, 2.05) is 11.8 Å². The highest BCUT2D eigenvalue weighted by atomic mass is 32.2. The fourth-order valence-corrected chi connectivity index (χ4v) is 7.38. The molecule has 0 spiro atoms. The van der Waals surface area contributed by atoms with E-state index in [0.717, 1.165) is 42.9 Å². The van der Waals surface area contributed by atoms with Gasteiger partial charge in [0.05, 0.1) is 33.5 Å². The molecule has 44 heavy (non-hydrogen) atoms. The van der Waals surface area contributed by atoms with Crippen molar-refractivity contribution < 1.29 is 17.9 Å². The first-order valence-corrected chi connectivity index (χ1v) is 16.3. The summed E-state index contributed by atoms with van der Waals surface area (Å²) in [5.74, 6) is 1.56. The summed E-state index contributed by atoms with van der Waals surface area (Å²) in [6, 6.07) is 11.0. The molecule has 1 amide bonds. The third kappa shape index (κ3) is 5.39. The van der Waals surface area contributed by atoms with Gasteiger partial charge >= 0.3 is 0 Å². The maximum Gasteiger partial charge on any atom is 0.237 e. The molecule has 2 radical (unpaired) electrons. The molecule has 228 valence electrons. The zero-order valence-corrected chi connectivity index (χ0v) is 26.1. The first kappa shape index (κ1) is 30.0. The Balaban J connectivity index is 1.36. The molecule has 4 aromatic rings. The van der Waals surface area contributed by atoms with E-state index in [-0.39, 0.29) is 17.3 Å². The van der Waals surface area contributed by atoms with Crippen LogP contribution in [0.2, 0.25) is 0 Å². The van der Waals surface area contributed by atoms with E-state index in [2.05, 4.69) is 34.3 Å². The summed E-state index contributed by atoms with van der Waals surface area (Å²) in [4.78, 5) is 28.4. The number of aryl methyl sites for hydroxylation is 1. The van der Waals surface area contributed by atoms with Gasteiger partial charge in [-0.3, -0.25) is 14.6 Å². The number of primary amides is 1. The molecule has 1 unspecified atom stereocenters. The molecular formula is C31H36BN7O4S. The molecule has 4 heterocycles. The molecule has 0 aliphatic carbocycles. The van der Waals surface area contributed by atoms with Crippen molar-refractivity contribution in [1.29, 1.82) is 0 Å². The number of H-pyrrole nitrogens is 1. The first-order chi connectivity index (χ1) is 20.9. The Morgan fingerprint density at radius 3 is 2.64 bits per heavy atom. The first-order valence-electron chi connectivity index (χ1n) is 14.8. The monoisotopic (exact) mass is 613 g/mol. The zero-order chi connectivity index (χ0) is 31.3. The number of rotatable bonds is 8. The Kier molecular flexibility index (Phi) is 7.79. The van der Waals surface area contributed by atoms with Gasteiger partial charge in [-0.15, -0.1) is 0 Å². The summed E-state index contributed by atoms with van der Waals surface area (Å²) < 4.78 is 32.7. The molecule has 2 aliphatic heterocycles. The van der Waals surface area contributed by atoms with Gasteiger partial charge in [-0.2, -0.15) is 9.97 Å². The molecule has 2 aromatic heterocycles. The number of amides is 1. The normalized spacial score (nSPS) is 17.7. The number of carbonyl (C=O) groups is 1. The topological polar surface area (TPSA) is 147 Å². The van der Waals surface area contributed by atoms with Crippen molar-refractivity contribution in [3.63, 3.8) is 0 Å². The Bertz CT molecular complexity index is 1850. The highest BCUT2D eigenvalue weighted by Crippen LogP contribution is 2.45. The molecule has 2 aliphatic rings.